The van der Waals surface area contributed by atoms with E-state index < -0.39 is 0 Å². The fourth-order valence-electron chi connectivity index (χ4n) is 2.42. The van der Waals surface area contributed by atoms with Gasteiger partial charge in [0.2, 0.25) is 0 Å². The van der Waals surface area contributed by atoms with Crippen molar-refractivity contribution < 1.29 is 4.39 Å². The molecule has 88 valence electrons. The fraction of sp³-hybridized carbons (Fsp3) is 0.500. The van der Waals surface area contributed by atoms with E-state index >= 15 is 0 Å². The topological polar surface area (TPSA) is 29.3 Å². The molecule has 0 spiro atoms. The summed E-state index contributed by atoms with van der Waals surface area (Å²) >= 11 is 5.79. The lowest BCUT2D eigenvalue weighted by Gasteiger charge is -2.20. The third-order valence-corrected chi connectivity index (χ3v) is 3.60. The predicted octanol–water partition coefficient (Wildman–Crippen LogP) is 2.43. The lowest BCUT2D eigenvalue weighted by atomic mass is 9.99. The third-order valence-electron chi connectivity index (χ3n) is 3.31. The molecule has 2 nitrogen and oxygen atoms in total. The summed E-state index contributed by atoms with van der Waals surface area (Å²) in [5, 5.41) is 0.196. The molecule has 1 aromatic rings. The molecule has 0 saturated carbocycles. The predicted molar refractivity (Wildman–Crippen MR) is 63.9 cm³/mol. The largest absolute Gasteiger partial charge is 0.330 e. The molecule has 1 heterocycles. The van der Waals surface area contributed by atoms with Crippen molar-refractivity contribution in [1.29, 1.82) is 0 Å². The molecule has 1 fully saturated rings. The van der Waals surface area contributed by atoms with Gasteiger partial charge < -0.3 is 5.73 Å². The molecular formula is C12H16ClFN2. The van der Waals surface area contributed by atoms with Crippen molar-refractivity contribution in [2.45, 2.75) is 12.5 Å². The molecular weight excluding hydrogens is 227 g/mol. The highest BCUT2D eigenvalue weighted by Crippen LogP contribution is 2.36. The zero-order valence-corrected chi connectivity index (χ0v) is 10.0. The van der Waals surface area contributed by atoms with Crippen molar-refractivity contribution in [2.75, 3.05) is 20.1 Å². The first-order chi connectivity index (χ1) is 7.63. The summed E-state index contributed by atoms with van der Waals surface area (Å²) in [5.74, 6) is 0.159. The van der Waals surface area contributed by atoms with Crippen LogP contribution in [0.2, 0.25) is 5.02 Å². The Balaban J connectivity index is 2.28. The van der Waals surface area contributed by atoms with Crippen LogP contribution in [0.25, 0.3) is 0 Å². The molecule has 1 saturated heterocycles. The Kier molecular flexibility index (Phi) is 3.47. The van der Waals surface area contributed by atoms with Crippen molar-refractivity contribution in [1.82, 2.24) is 4.90 Å². The maximum absolute atomic E-state index is 13.9. The maximum Gasteiger partial charge on any atom is 0.146 e. The molecule has 0 bridgehead atoms. The van der Waals surface area contributed by atoms with Crippen LogP contribution >= 0.6 is 11.6 Å². The Morgan fingerprint density at radius 3 is 2.94 bits per heavy atom. The lowest BCUT2D eigenvalue weighted by molar-refractivity contribution is 0.307. The summed E-state index contributed by atoms with van der Waals surface area (Å²) in [6, 6.07) is 5.29. The minimum atomic E-state index is -0.293. The average Bonchev–Trinajstić information content (AvgIpc) is 2.64. The van der Waals surface area contributed by atoms with Gasteiger partial charge in [0.05, 0.1) is 5.02 Å². The third kappa shape index (κ3) is 2.08. The summed E-state index contributed by atoms with van der Waals surface area (Å²) < 4.78 is 13.9. The number of likely N-dealkylation sites (tertiary alicyclic amines) is 1. The minimum absolute atomic E-state index is 0.104. The van der Waals surface area contributed by atoms with Crippen LogP contribution in [0.1, 0.15) is 18.0 Å². The second kappa shape index (κ2) is 4.70. The maximum atomic E-state index is 13.9. The van der Waals surface area contributed by atoms with Crippen LogP contribution in [0.5, 0.6) is 0 Å². The first kappa shape index (κ1) is 11.8. The van der Waals surface area contributed by atoms with Crippen LogP contribution in [0.3, 0.4) is 0 Å². The van der Waals surface area contributed by atoms with E-state index in [-0.39, 0.29) is 16.9 Å². The molecule has 0 radical (unpaired) electrons. The SMILES string of the molecule is CN1CC(CN)CC1c1cccc(Cl)c1F. The van der Waals surface area contributed by atoms with Gasteiger partial charge in [-0.15, -0.1) is 0 Å². The van der Waals surface area contributed by atoms with Gasteiger partial charge in [-0.25, -0.2) is 4.39 Å². The monoisotopic (exact) mass is 242 g/mol. The number of halogens is 2. The molecule has 16 heavy (non-hydrogen) atoms. The van der Waals surface area contributed by atoms with Crippen LogP contribution < -0.4 is 5.73 Å². The Labute approximate surface area is 100 Å². The molecule has 4 heteroatoms. The second-order valence-electron chi connectivity index (χ2n) is 4.44. The van der Waals surface area contributed by atoms with E-state index in [2.05, 4.69) is 4.90 Å². The van der Waals surface area contributed by atoms with Gasteiger partial charge in [-0.3, -0.25) is 4.90 Å². The Morgan fingerprint density at radius 2 is 2.31 bits per heavy atom. The molecule has 2 N–H and O–H groups in total. The number of rotatable bonds is 2. The first-order valence-electron chi connectivity index (χ1n) is 5.47. The molecule has 2 atom stereocenters. The van der Waals surface area contributed by atoms with Gasteiger partial charge in [0.1, 0.15) is 5.82 Å². The smallest absolute Gasteiger partial charge is 0.146 e. The summed E-state index contributed by atoms with van der Waals surface area (Å²) in [5.41, 5.74) is 6.34. The van der Waals surface area contributed by atoms with E-state index in [0.717, 1.165) is 13.0 Å². The van der Waals surface area contributed by atoms with Crippen molar-refractivity contribution in [3.63, 3.8) is 0 Å². The van der Waals surface area contributed by atoms with E-state index in [1.807, 2.05) is 7.05 Å². The molecule has 1 aliphatic rings. The summed E-state index contributed by atoms with van der Waals surface area (Å²) in [6.07, 6.45) is 0.907. The summed E-state index contributed by atoms with van der Waals surface area (Å²) in [6.45, 7) is 1.58. The van der Waals surface area contributed by atoms with Gasteiger partial charge in [0.15, 0.2) is 0 Å². The molecule has 0 aromatic heterocycles. The van der Waals surface area contributed by atoms with Crippen LogP contribution in [0, 0.1) is 11.7 Å². The minimum Gasteiger partial charge on any atom is -0.330 e. The van der Waals surface area contributed by atoms with E-state index in [0.29, 0.717) is 18.0 Å². The van der Waals surface area contributed by atoms with Gasteiger partial charge in [0.25, 0.3) is 0 Å². The highest BCUT2D eigenvalue weighted by molar-refractivity contribution is 6.30. The Bertz CT molecular complexity index is 383. The van der Waals surface area contributed by atoms with Crippen LogP contribution in [0.15, 0.2) is 18.2 Å². The van der Waals surface area contributed by atoms with Crippen molar-refractivity contribution in [3.05, 3.63) is 34.6 Å². The summed E-state index contributed by atoms with van der Waals surface area (Å²) in [7, 11) is 2.00. The van der Waals surface area contributed by atoms with Gasteiger partial charge in [-0.2, -0.15) is 0 Å². The zero-order chi connectivity index (χ0) is 11.7. The normalized spacial score (nSPS) is 26.2. The lowest BCUT2D eigenvalue weighted by Crippen LogP contribution is -2.21. The molecule has 1 aromatic carbocycles. The zero-order valence-electron chi connectivity index (χ0n) is 9.29. The van der Waals surface area contributed by atoms with Crippen molar-refractivity contribution >= 4 is 11.6 Å². The number of nitrogens with two attached hydrogens (primary N) is 1. The second-order valence-corrected chi connectivity index (χ2v) is 4.84. The number of hydrogen-bond donors (Lipinski definition) is 1. The number of nitrogens with zero attached hydrogens (tertiary/aromatic N) is 1. The van der Waals surface area contributed by atoms with Crippen LogP contribution in [-0.4, -0.2) is 25.0 Å². The summed E-state index contributed by atoms with van der Waals surface area (Å²) in [4.78, 5) is 2.15. The van der Waals surface area contributed by atoms with Crippen LogP contribution in [-0.2, 0) is 0 Å². The van der Waals surface area contributed by atoms with Gasteiger partial charge >= 0.3 is 0 Å². The highest BCUT2D eigenvalue weighted by Gasteiger charge is 2.31. The van der Waals surface area contributed by atoms with Crippen LogP contribution in [0.4, 0.5) is 4.39 Å². The Morgan fingerprint density at radius 1 is 1.56 bits per heavy atom. The quantitative estimate of drug-likeness (QED) is 0.863. The van der Waals surface area contributed by atoms with Gasteiger partial charge in [0, 0.05) is 18.2 Å². The van der Waals surface area contributed by atoms with E-state index in [4.69, 9.17) is 17.3 Å². The van der Waals surface area contributed by atoms with Gasteiger partial charge in [-0.05, 0) is 32.0 Å². The fourth-order valence-corrected chi connectivity index (χ4v) is 2.60. The van der Waals surface area contributed by atoms with E-state index in [1.54, 1.807) is 18.2 Å². The molecule has 0 amide bonds. The van der Waals surface area contributed by atoms with E-state index in [9.17, 15) is 4.39 Å². The molecule has 2 unspecified atom stereocenters. The molecule has 1 aliphatic heterocycles. The Hall–Kier alpha value is -0.640. The first-order valence-corrected chi connectivity index (χ1v) is 5.85. The molecule has 0 aliphatic carbocycles. The van der Waals surface area contributed by atoms with Crippen molar-refractivity contribution in [2.24, 2.45) is 11.7 Å². The highest BCUT2D eigenvalue weighted by atomic mass is 35.5. The molecule has 2 rings (SSSR count). The van der Waals surface area contributed by atoms with E-state index in [1.165, 1.54) is 0 Å². The van der Waals surface area contributed by atoms with Crippen molar-refractivity contribution in [3.8, 4) is 0 Å². The average molecular weight is 243 g/mol. The standard InChI is InChI=1S/C12H16ClFN2/c1-16-7-8(6-15)5-11(16)9-3-2-4-10(13)12(9)14/h2-4,8,11H,5-7,15H2,1H3. The van der Waals surface area contributed by atoms with Gasteiger partial charge in [-0.1, -0.05) is 23.7 Å². The number of benzene rings is 1. The number of hydrogen-bond acceptors (Lipinski definition) is 2.